The van der Waals surface area contributed by atoms with Crippen LogP contribution in [0.25, 0.3) is 0 Å². The van der Waals surface area contributed by atoms with Crippen LogP contribution < -0.4 is 5.73 Å². The molecule has 5 nitrogen and oxygen atoms in total. The zero-order valence-electron chi connectivity index (χ0n) is 11.0. The third-order valence-corrected chi connectivity index (χ3v) is 3.58. The van der Waals surface area contributed by atoms with E-state index in [4.69, 9.17) is 5.73 Å². The molecule has 2 atom stereocenters. The van der Waals surface area contributed by atoms with Crippen molar-refractivity contribution < 1.29 is 19.1 Å². The molecule has 0 radical (unpaired) electrons. The summed E-state index contributed by atoms with van der Waals surface area (Å²) in [6.45, 7) is 0.735. The first-order valence-electron chi connectivity index (χ1n) is 6.48. The SMILES string of the molecule is NCC1CC(=O)N(C(Cc2ccc(F)cc2)C(=O)O)C1. The zero-order valence-corrected chi connectivity index (χ0v) is 11.0. The fraction of sp³-hybridized carbons (Fsp3) is 0.429. The number of hydrogen-bond donors (Lipinski definition) is 2. The molecule has 1 fully saturated rings. The van der Waals surface area contributed by atoms with Crippen molar-refractivity contribution in [1.29, 1.82) is 0 Å². The fourth-order valence-corrected chi connectivity index (χ4v) is 2.44. The summed E-state index contributed by atoms with van der Waals surface area (Å²) >= 11 is 0. The van der Waals surface area contributed by atoms with Crippen molar-refractivity contribution in [1.82, 2.24) is 4.90 Å². The van der Waals surface area contributed by atoms with Gasteiger partial charge in [0, 0.05) is 19.4 Å². The molecule has 1 amide bonds. The van der Waals surface area contributed by atoms with E-state index in [0.29, 0.717) is 25.1 Å². The summed E-state index contributed by atoms with van der Waals surface area (Å²) in [5.41, 5.74) is 6.22. The molecule has 108 valence electrons. The van der Waals surface area contributed by atoms with Crippen molar-refractivity contribution in [3.63, 3.8) is 0 Å². The lowest BCUT2D eigenvalue weighted by molar-refractivity contribution is -0.148. The Morgan fingerprint density at radius 3 is 2.60 bits per heavy atom. The second kappa shape index (κ2) is 6.00. The molecule has 6 heteroatoms. The summed E-state index contributed by atoms with van der Waals surface area (Å²) in [6.07, 6.45) is 0.461. The van der Waals surface area contributed by atoms with Crippen LogP contribution in [0.15, 0.2) is 24.3 Å². The maximum Gasteiger partial charge on any atom is 0.326 e. The van der Waals surface area contributed by atoms with Gasteiger partial charge in [0.2, 0.25) is 5.91 Å². The second-order valence-corrected chi connectivity index (χ2v) is 5.04. The highest BCUT2D eigenvalue weighted by atomic mass is 19.1. The number of amides is 1. The molecule has 1 aromatic carbocycles. The lowest BCUT2D eigenvalue weighted by atomic mass is 10.0. The average Bonchev–Trinajstić information content (AvgIpc) is 2.79. The third-order valence-electron chi connectivity index (χ3n) is 3.58. The van der Waals surface area contributed by atoms with Crippen LogP contribution in [0.3, 0.4) is 0 Å². The number of carbonyl (C=O) groups is 2. The van der Waals surface area contributed by atoms with Gasteiger partial charge in [-0.05, 0) is 30.2 Å². The molecule has 1 aromatic rings. The van der Waals surface area contributed by atoms with E-state index in [1.165, 1.54) is 29.2 Å². The van der Waals surface area contributed by atoms with Crippen LogP contribution in [0.1, 0.15) is 12.0 Å². The Labute approximate surface area is 116 Å². The standard InChI is InChI=1S/C14H17FN2O3/c15-11-3-1-9(2-4-11)5-12(14(19)20)17-8-10(7-16)6-13(17)18/h1-4,10,12H,5-8,16H2,(H,19,20). The highest BCUT2D eigenvalue weighted by Gasteiger charge is 2.37. The molecule has 2 unspecified atom stereocenters. The van der Waals surface area contributed by atoms with Crippen molar-refractivity contribution >= 4 is 11.9 Å². The topological polar surface area (TPSA) is 83.6 Å². The largest absolute Gasteiger partial charge is 0.480 e. The van der Waals surface area contributed by atoms with E-state index in [1.807, 2.05) is 0 Å². The first kappa shape index (κ1) is 14.5. The predicted octanol–water partition coefficient (Wildman–Crippen LogP) is 0.629. The normalized spacial score (nSPS) is 20.2. The van der Waals surface area contributed by atoms with Gasteiger partial charge in [-0.25, -0.2) is 9.18 Å². The number of carbonyl (C=O) groups excluding carboxylic acids is 1. The Hall–Kier alpha value is -1.95. The summed E-state index contributed by atoms with van der Waals surface area (Å²) in [7, 11) is 0. The first-order chi connectivity index (χ1) is 9.51. The van der Waals surface area contributed by atoms with Crippen LogP contribution in [-0.2, 0) is 16.0 Å². The number of nitrogens with zero attached hydrogens (tertiary/aromatic N) is 1. The van der Waals surface area contributed by atoms with Gasteiger partial charge < -0.3 is 15.7 Å². The zero-order chi connectivity index (χ0) is 14.7. The molecule has 0 spiro atoms. The lowest BCUT2D eigenvalue weighted by Crippen LogP contribution is -2.44. The summed E-state index contributed by atoms with van der Waals surface area (Å²) in [4.78, 5) is 24.6. The Balaban J connectivity index is 2.13. The number of aliphatic carboxylic acids is 1. The van der Waals surface area contributed by atoms with Crippen molar-refractivity contribution in [2.45, 2.75) is 18.9 Å². The third kappa shape index (κ3) is 3.14. The van der Waals surface area contributed by atoms with E-state index >= 15 is 0 Å². The number of carboxylic acids is 1. The smallest absolute Gasteiger partial charge is 0.326 e. The fourth-order valence-electron chi connectivity index (χ4n) is 2.44. The van der Waals surface area contributed by atoms with Gasteiger partial charge in [0.25, 0.3) is 0 Å². The van der Waals surface area contributed by atoms with Gasteiger partial charge in [0.1, 0.15) is 11.9 Å². The van der Waals surface area contributed by atoms with Crippen molar-refractivity contribution in [3.8, 4) is 0 Å². The van der Waals surface area contributed by atoms with E-state index in [1.54, 1.807) is 0 Å². The summed E-state index contributed by atoms with van der Waals surface area (Å²) in [5.74, 6) is -1.60. The average molecular weight is 280 g/mol. The number of nitrogens with two attached hydrogens (primary N) is 1. The van der Waals surface area contributed by atoms with Gasteiger partial charge in [0.15, 0.2) is 0 Å². The number of benzene rings is 1. The highest BCUT2D eigenvalue weighted by molar-refractivity contribution is 5.85. The second-order valence-electron chi connectivity index (χ2n) is 5.04. The molecule has 20 heavy (non-hydrogen) atoms. The molecule has 1 heterocycles. The monoisotopic (exact) mass is 280 g/mol. The minimum Gasteiger partial charge on any atom is -0.480 e. The van der Waals surface area contributed by atoms with Crippen LogP contribution in [0.2, 0.25) is 0 Å². The van der Waals surface area contributed by atoms with E-state index < -0.39 is 12.0 Å². The summed E-state index contributed by atoms with van der Waals surface area (Å²) in [5, 5.41) is 9.33. The molecular formula is C14H17FN2O3. The predicted molar refractivity (Wildman–Crippen MR) is 70.4 cm³/mol. The molecule has 1 aliphatic heterocycles. The number of carboxylic acid groups (broad SMARTS) is 1. The molecule has 0 saturated carbocycles. The quantitative estimate of drug-likeness (QED) is 0.828. The molecular weight excluding hydrogens is 263 g/mol. The van der Waals surface area contributed by atoms with Crippen LogP contribution >= 0.6 is 0 Å². The van der Waals surface area contributed by atoms with E-state index in [0.717, 1.165) is 0 Å². The van der Waals surface area contributed by atoms with Gasteiger partial charge in [-0.2, -0.15) is 0 Å². The molecule has 1 saturated heterocycles. The van der Waals surface area contributed by atoms with E-state index in [9.17, 15) is 19.1 Å². The van der Waals surface area contributed by atoms with E-state index in [-0.39, 0.29) is 24.1 Å². The Kier molecular flexibility index (Phi) is 4.34. The molecule has 0 aliphatic carbocycles. The molecule has 0 aromatic heterocycles. The van der Waals surface area contributed by atoms with Gasteiger partial charge in [-0.3, -0.25) is 4.79 Å². The summed E-state index contributed by atoms with van der Waals surface area (Å²) < 4.78 is 12.8. The van der Waals surface area contributed by atoms with Gasteiger partial charge in [0.05, 0.1) is 0 Å². The number of hydrogen-bond acceptors (Lipinski definition) is 3. The highest BCUT2D eigenvalue weighted by Crippen LogP contribution is 2.21. The minimum absolute atomic E-state index is 0.0116. The molecule has 1 aliphatic rings. The maximum atomic E-state index is 12.8. The van der Waals surface area contributed by atoms with Gasteiger partial charge in [-0.15, -0.1) is 0 Å². The van der Waals surface area contributed by atoms with Crippen LogP contribution in [-0.4, -0.2) is 41.0 Å². The summed E-state index contributed by atoms with van der Waals surface area (Å²) in [6, 6.07) is 4.70. The Morgan fingerprint density at radius 2 is 2.10 bits per heavy atom. The van der Waals surface area contributed by atoms with Crippen LogP contribution in [0, 0.1) is 11.7 Å². The number of likely N-dealkylation sites (tertiary alicyclic amines) is 1. The van der Waals surface area contributed by atoms with Gasteiger partial charge in [-0.1, -0.05) is 12.1 Å². The Bertz CT molecular complexity index is 504. The number of rotatable bonds is 5. The first-order valence-corrected chi connectivity index (χ1v) is 6.48. The lowest BCUT2D eigenvalue weighted by Gasteiger charge is -2.24. The van der Waals surface area contributed by atoms with Crippen molar-refractivity contribution in [2.24, 2.45) is 11.7 Å². The maximum absolute atomic E-state index is 12.8. The minimum atomic E-state index is -1.06. The van der Waals surface area contributed by atoms with Crippen LogP contribution in [0.4, 0.5) is 4.39 Å². The molecule has 0 bridgehead atoms. The van der Waals surface area contributed by atoms with Crippen molar-refractivity contribution in [2.75, 3.05) is 13.1 Å². The molecule has 2 rings (SSSR count). The van der Waals surface area contributed by atoms with Crippen LogP contribution in [0.5, 0.6) is 0 Å². The Morgan fingerprint density at radius 1 is 1.45 bits per heavy atom. The van der Waals surface area contributed by atoms with Crippen molar-refractivity contribution in [3.05, 3.63) is 35.6 Å². The van der Waals surface area contributed by atoms with Gasteiger partial charge >= 0.3 is 5.97 Å². The van der Waals surface area contributed by atoms with E-state index in [2.05, 4.69) is 0 Å². The number of halogens is 1. The molecule has 3 N–H and O–H groups in total.